The number of carboxylic acids is 1. The largest absolute Gasteiger partial charge is 0.508 e. The Bertz CT molecular complexity index is 949. The topological polar surface area (TPSA) is 255 Å². The minimum absolute atomic E-state index is 0.00286. The van der Waals surface area contributed by atoms with Crippen molar-refractivity contribution >= 4 is 29.7 Å². The van der Waals surface area contributed by atoms with Gasteiger partial charge in [0.25, 0.3) is 0 Å². The summed E-state index contributed by atoms with van der Waals surface area (Å²) < 4.78 is 0. The molecule has 14 nitrogen and oxygen atoms in total. The van der Waals surface area contributed by atoms with Gasteiger partial charge in [-0.25, -0.2) is 4.79 Å². The fraction of sp³-hybridized carbons (Fsp3) is 0.522. The Kier molecular flexibility index (Phi) is 12.8. The highest BCUT2D eigenvalue weighted by Crippen LogP contribution is 2.12. The number of amides is 3. The van der Waals surface area contributed by atoms with Gasteiger partial charge in [-0.3, -0.25) is 19.4 Å². The molecule has 0 spiro atoms. The van der Waals surface area contributed by atoms with Crippen LogP contribution < -0.4 is 33.2 Å². The van der Waals surface area contributed by atoms with Gasteiger partial charge in [-0.15, -0.1) is 0 Å². The van der Waals surface area contributed by atoms with Gasteiger partial charge in [0, 0.05) is 13.0 Å². The van der Waals surface area contributed by atoms with Gasteiger partial charge in [-0.1, -0.05) is 26.0 Å². The van der Waals surface area contributed by atoms with Crippen LogP contribution in [0.5, 0.6) is 5.75 Å². The van der Waals surface area contributed by atoms with E-state index in [1.54, 1.807) is 13.8 Å². The van der Waals surface area contributed by atoms with Gasteiger partial charge >= 0.3 is 5.97 Å². The molecule has 0 fully saturated rings. The van der Waals surface area contributed by atoms with Gasteiger partial charge in [-0.05, 0) is 36.5 Å². The van der Waals surface area contributed by atoms with Gasteiger partial charge in [0.15, 0.2) is 5.96 Å². The van der Waals surface area contributed by atoms with Crippen molar-refractivity contribution in [1.82, 2.24) is 16.0 Å². The lowest BCUT2D eigenvalue weighted by Gasteiger charge is -2.25. The number of carbonyl (C=O) groups is 4. The zero-order valence-electron chi connectivity index (χ0n) is 20.9. The summed E-state index contributed by atoms with van der Waals surface area (Å²) in [5.74, 6) is -4.01. The third-order valence-electron chi connectivity index (χ3n) is 5.41. The molecule has 4 atom stereocenters. The molecule has 0 bridgehead atoms. The highest BCUT2D eigenvalue weighted by atomic mass is 16.4. The van der Waals surface area contributed by atoms with Crippen LogP contribution in [-0.4, -0.2) is 82.3 Å². The van der Waals surface area contributed by atoms with Crippen LogP contribution in [0, 0.1) is 5.92 Å². The normalized spacial score (nSPS) is 14.1. The van der Waals surface area contributed by atoms with E-state index in [-0.39, 0.29) is 43.4 Å². The Morgan fingerprint density at radius 3 is 1.97 bits per heavy atom. The van der Waals surface area contributed by atoms with Crippen LogP contribution in [0.3, 0.4) is 0 Å². The molecule has 1 aromatic rings. The molecule has 0 aliphatic rings. The van der Waals surface area contributed by atoms with Crippen molar-refractivity contribution in [1.29, 1.82) is 0 Å². The average Bonchev–Trinajstić information content (AvgIpc) is 2.83. The van der Waals surface area contributed by atoms with Crippen molar-refractivity contribution in [2.45, 2.75) is 57.3 Å². The van der Waals surface area contributed by atoms with E-state index in [2.05, 4.69) is 20.9 Å². The molecule has 0 radical (unpaired) electrons. The Balaban J connectivity index is 3.00. The smallest absolute Gasteiger partial charge is 0.326 e. The number of phenolic OH excluding ortho intramolecular Hbond substituents is 1. The van der Waals surface area contributed by atoms with E-state index >= 15 is 0 Å². The summed E-state index contributed by atoms with van der Waals surface area (Å²) in [5, 5.41) is 35.8. The first kappa shape index (κ1) is 31.1. The minimum Gasteiger partial charge on any atom is -0.508 e. The molecule has 14 heteroatoms. The van der Waals surface area contributed by atoms with Crippen LogP contribution in [0.2, 0.25) is 0 Å². The minimum atomic E-state index is -1.39. The van der Waals surface area contributed by atoms with Crippen LogP contribution in [0.25, 0.3) is 0 Å². The number of carbonyl (C=O) groups excluding carboxylic acids is 3. The number of nitrogens with zero attached hydrogens (tertiary/aromatic N) is 1. The number of guanidine groups is 1. The van der Waals surface area contributed by atoms with Crippen LogP contribution in [0.1, 0.15) is 32.3 Å². The summed E-state index contributed by atoms with van der Waals surface area (Å²) in [6, 6.07) is 0.924. The average molecular weight is 524 g/mol. The molecular formula is C23H37N7O7. The van der Waals surface area contributed by atoms with Crippen molar-refractivity contribution in [3.05, 3.63) is 29.8 Å². The number of aromatic hydroxyl groups is 1. The number of phenols is 1. The lowest BCUT2D eigenvalue weighted by atomic mass is 10.0. The molecule has 4 unspecified atom stereocenters. The molecule has 1 rings (SSSR count). The lowest BCUT2D eigenvalue weighted by Crippen LogP contribution is -2.58. The van der Waals surface area contributed by atoms with E-state index in [9.17, 15) is 34.5 Å². The van der Waals surface area contributed by atoms with Crippen LogP contribution >= 0.6 is 0 Å². The molecule has 1 aromatic carbocycles. The monoisotopic (exact) mass is 523 g/mol. The Morgan fingerprint density at radius 1 is 0.919 bits per heavy atom. The number of carboxylic acid groups (broad SMARTS) is 1. The third-order valence-corrected chi connectivity index (χ3v) is 5.41. The maximum atomic E-state index is 13.0. The molecule has 0 aliphatic carbocycles. The second-order valence-electron chi connectivity index (χ2n) is 8.79. The maximum Gasteiger partial charge on any atom is 0.326 e. The SMILES string of the molecule is CC(C)C(N)C(=O)NC(CO)C(=O)NC(CCCN=C(N)N)C(=O)NC(Cc1ccc(O)cc1)C(=O)O. The molecule has 12 N–H and O–H groups in total. The molecule has 0 aliphatic heterocycles. The van der Waals surface area contributed by atoms with Crippen LogP contribution in [-0.2, 0) is 25.6 Å². The second kappa shape index (κ2) is 15.3. The van der Waals surface area contributed by atoms with Gasteiger partial charge in [-0.2, -0.15) is 0 Å². The number of aliphatic imine (C=N–C) groups is 1. The zero-order valence-corrected chi connectivity index (χ0v) is 20.9. The standard InChI is InChI=1S/C23H37N7O7/c1-12(2)18(24)21(35)30-17(11-31)20(34)28-15(4-3-9-27-23(25)26)19(33)29-16(22(36)37)10-13-5-7-14(32)8-6-13/h5-8,12,15-18,31-32H,3-4,9-11,24H2,1-2H3,(H,28,34)(H,29,33)(H,30,35)(H,36,37)(H4,25,26,27). The molecule has 0 saturated carbocycles. The summed E-state index contributed by atoms with van der Waals surface area (Å²) >= 11 is 0. The summed E-state index contributed by atoms with van der Waals surface area (Å²) in [6.45, 7) is 2.81. The van der Waals surface area contributed by atoms with Gasteiger partial charge in [0.05, 0.1) is 12.6 Å². The summed E-state index contributed by atoms with van der Waals surface area (Å²) in [5.41, 5.74) is 16.9. The van der Waals surface area contributed by atoms with E-state index < -0.39 is 54.5 Å². The Hall–Kier alpha value is -3.91. The third kappa shape index (κ3) is 11.1. The van der Waals surface area contributed by atoms with Crippen LogP contribution in [0.4, 0.5) is 0 Å². The number of aliphatic hydroxyl groups is 1. The lowest BCUT2D eigenvalue weighted by molar-refractivity contribution is -0.142. The van der Waals surface area contributed by atoms with Gasteiger partial charge < -0.3 is 48.5 Å². The summed E-state index contributed by atoms with van der Waals surface area (Å²) in [6.07, 6.45) is 0.191. The van der Waals surface area contributed by atoms with Crippen LogP contribution in [0.15, 0.2) is 29.3 Å². The van der Waals surface area contributed by atoms with E-state index in [0.29, 0.717) is 5.56 Å². The molecule has 37 heavy (non-hydrogen) atoms. The first-order valence-electron chi connectivity index (χ1n) is 11.7. The Morgan fingerprint density at radius 2 is 1.46 bits per heavy atom. The van der Waals surface area contributed by atoms with E-state index in [4.69, 9.17) is 17.2 Å². The fourth-order valence-corrected chi connectivity index (χ4v) is 3.15. The molecule has 0 heterocycles. The number of aliphatic hydroxyl groups excluding tert-OH is 1. The van der Waals surface area contributed by atoms with E-state index in [1.165, 1.54) is 24.3 Å². The van der Waals surface area contributed by atoms with Crippen molar-refractivity contribution in [3.8, 4) is 5.75 Å². The number of benzene rings is 1. The second-order valence-corrected chi connectivity index (χ2v) is 8.79. The molecule has 0 aromatic heterocycles. The van der Waals surface area contributed by atoms with Gasteiger partial charge in [0.1, 0.15) is 23.9 Å². The fourth-order valence-electron chi connectivity index (χ4n) is 3.15. The predicted octanol–water partition coefficient (Wildman–Crippen LogP) is -2.50. The van der Waals surface area contributed by atoms with E-state index in [0.717, 1.165) is 0 Å². The molecule has 0 saturated heterocycles. The number of nitrogens with one attached hydrogen (secondary N) is 3. The molecule has 206 valence electrons. The zero-order chi connectivity index (χ0) is 28.1. The summed E-state index contributed by atoms with van der Waals surface area (Å²) in [7, 11) is 0. The van der Waals surface area contributed by atoms with Crippen molar-refractivity contribution in [2.24, 2.45) is 28.1 Å². The first-order valence-corrected chi connectivity index (χ1v) is 11.7. The van der Waals surface area contributed by atoms with E-state index in [1.807, 2.05) is 0 Å². The van der Waals surface area contributed by atoms with Crippen molar-refractivity contribution < 1.29 is 34.5 Å². The van der Waals surface area contributed by atoms with Crippen molar-refractivity contribution in [3.63, 3.8) is 0 Å². The number of nitrogens with two attached hydrogens (primary N) is 3. The Labute approximate surface area is 214 Å². The first-order chi connectivity index (χ1) is 17.3. The number of hydrogen-bond acceptors (Lipinski definition) is 8. The number of aliphatic carboxylic acids is 1. The maximum absolute atomic E-state index is 13.0. The quantitative estimate of drug-likeness (QED) is 0.0663. The number of hydrogen-bond donors (Lipinski definition) is 9. The number of rotatable bonds is 15. The van der Waals surface area contributed by atoms with Crippen molar-refractivity contribution in [2.75, 3.05) is 13.2 Å². The summed E-state index contributed by atoms with van der Waals surface area (Å²) in [4.78, 5) is 53.6. The highest BCUT2D eigenvalue weighted by Gasteiger charge is 2.30. The predicted molar refractivity (Wildman–Crippen MR) is 135 cm³/mol. The molecule has 3 amide bonds. The van der Waals surface area contributed by atoms with Gasteiger partial charge in [0.2, 0.25) is 17.7 Å². The highest BCUT2D eigenvalue weighted by molar-refractivity contribution is 5.94. The molecular weight excluding hydrogens is 486 g/mol.